The van der Waals surface area contributed by atoms with E-state index in [0.29, 0.717) is 27.0 Å². The van der Waals surface area contributed by atoms with Crippen LogP contribution in [0.4, 0.5) is 11.4 Å². The number of nitrogens with one attached hydrogen (secondary N) is 2. The molecule has 1 heterocycles. The zero-order valence-corrected chi connectivity index (χ0v) is 20.0. The first-order chi connectivity index (χ1) is 15.4. The molecule has 2 N–H and O–H groups in total. The number of amides is 2. The number of fused-ring (bicyclic) bond motifs is 1. The third-order valence-corrected chi connectivity index (χ3v) is 7.34. The fraction of sp³-hybridized carbons (Fsp3) is 0.0870. The standard InChI is InChI=1S/C23H17Cl2N3O2S2/c1-13-2-7-16(10-18(13)25)26-21(29)12-31-23-28-19-9-8-17(11-20(19)32-23)27-22(30)14-3-5-15(24)6-4-14/h2-11H,12H2,1H3,(H,26,29)(H,27,30). The van der Waals surface area contributed by atoms with Crippen molar-refractivity contribution in [1.29, 1.82) is 0 Å². The van der Waals surface area contributed by atoms with Crippen LogP contribution in [0.25, 0.3) is 10.2 Å². The molecule has 0 saturated heterocycles. The van der Waals surface area contributed by atoms with Crippen LogP contribution in [0.5, 0.6) is 0 Å². The molecule has 4 aromatic rings. The molecule has 0 atom stereocenters. The monoisotopic (exact) mass is 501 g/mol. The number of carbonyl (C=O) groups is 2. The van der Waals surface area contributed by atoms with Gasteiger partial charge in [0.25, 0.3) is 5.91 Å². The van der Waals surface area contributed by atoms with Crippen molar-refractivity contribution in [1.82, 2.24) is 4.98 Å². The van der Waals surface area contributed by atoms with Gasteiger partial charge in [0.05, 0.1) is 16.0 Å². The fourth-order valence-electron chi connectivity index (χ4n) is 2.84. The number of hydrogen-bond donors (Lipinski definition) is 2. The highest BCUT2D eigenvalue weighted by molar-refractivity contribution is 8.01. The van der Waals surface area contributed by atoms with Gasteiger partial charge < -0.3 is 10.6 Å². The molecular formula is C23H17Cl2N3O2S2. The molecule has 3 aromatic carbocycles. The number of benzene rings is 3. The maximum absolute atomic E-state index is 12.4. The Kier molecular flexibility index (Phi) is 7.01. The van der Waals surface area contributed by atoms with Gasteiger partial charge in [0.2, 0.25) is 5.91 Å². The van der Waals surface area contributed by atoms with Crippen LogP contribution in [0.1, 0.15) is 15.9 Å². The van der Waals surface area contributed by atoms with Crippen LogP contribution in [-0.2, 0) is 4.79 Å². The van der Waals surface area contributed by atoms with Crippen LogP contribution in [-0.4, -0.2) is 22.6 Å². The first-order valence-electron chi connectivity index (χ1n) is 9.54. The van der Waals surface area contributed by atoms with Gasteiger partial charge >= 0.3 is 0 Å². The molecule has 2 amide bonds. The maximum atomic E-state index is 12.4. The van der Waals surface area contributed by atoms with E-state index >= 15 is 0 Å². The summed E-state index contributed by atoms with van der Waals surface area (Å²) >= 11 is 14.8. The Hall–Kier alpha value is -2.58. The summed E-state index contributed by atoms with van der Waals surface area (Å²) in [5.41, 5.74) is 3.63. The Morgan fingerprint density at radius 1 is 0.969 bits per heavy atom. The van der Waals surface area contributed by atoms with Crippen LogP contribution in [0.3, 0.4) is 0 Å². The fourth-order valence-corrected chi connectivity index (χ4v) is 5.06. The van der Waals surface area contributed by atoms with Gasteiger partial charge in [-0.25, -0.2) is 4.98 Å². The minimum Gasteiger partial charge on any atom is -0.325 e. The number of anilines is 2. The number of nitrogens with zero attached hydrogens (tertiary/aromatic N) is 1. The Balaban J connectivity index is 1.38. The lowest BCUT2D eigenvalue weighted by molar-refractivity contribution is -0.113. The van der Waals surface area contributed by atoms with Crippen molar-refractivity contribution >= 4 is 79.7 Å². The van der Waals surface area contributed by atoms with Crippen LogP contribution in [0.15, 0.2) is 65.0 Å². The topological polar surface area (TPSA) is 71.1 Å². The highest BCUT2D eigenvalue weighted by atomic mass is 35.5. The lowest BCUT2D eigenvalue weighted by Gasteiger charge is -2.06. The average Bonchev–Trinajstić information content (AvgIpc) is 3.17. The second kappa shape index (κ2) is 9.92. The van der Waals surface area contributed by atoms with Gasteiger partial charge in [0.1, 0.15) is 0 Å². The first-order valence-corrected chi connectivity index (χ1v) is 12.1. The van der Waals surface area contributed by atoms with Crippen molar-refractivity contribution in [3.63, 3.8) is 0 Å². The lowest BCUT2D eigenvalue weighted by Crippen LogP contribution is -2.13. The Labute approximate surface area is 203 Å². The molecule has 32 heavy (non-hydrogen) atoms. The van der Waals surface area contributed by atoms with Gasteiger partial charge in [-0.1, -0.05) is 41.0 Å². The van der Waals surface area contributed by atoms with Crippen molar-refractivity contribution in [2.45, 2.75) is 11.3 Å². The lowest BCUT2D eigenvalue weighted by atomic mass is 10.2. The Bertz CT molecular complexity index is 1310. The van der Waals surface area contributed by atoms with Crippen molar-refractivity contribution in [3.05, 3.63) is 81.8 Å². The molecular weight excluding hydrogens is 485 g/mol. The molecule has 0 aliphatic heterocycles. The van der Waals surface area contributed by atoms with E-state index in [-0.39, 0.29) is 17.6 Å². The second-order valence-electron chi connectivity index (χ2n) is 6.92. The molecule has 5 nitrogen and oxygen atoms in total. The summed E-state index contributed by atoms with van der Waals surface area (Å²) < 4.78 is 1.70. The quantitative estimate of drug-likeness (QED) is 0.282. The Morgan fingerprint density at radius 3 is 2.44 bits per heavy atom. The molecule has 0 bridgehead atoms. The van der Waals surface area contributed by atoms with Crippen LogP contribution in [0.2, 0.25) is 10.0 Å². The highest BCUT2D eigenvalue weighted by Crippen LogP contribution is 2.31. The van der Waals surface area contributed by atoms with E-state index in [9.17, 15) is 9.59 Å². The SMILES string of the molecule is Cc1ccc(NC(=O)CSc2nc3ccc(NC(=O)c4ccc(Cl)cc4)cc3s2)cc1Cl. The largest absolute Gasteiger partial charge is 0.325 e. The molecule has 0 saturated carbocycles. The number of carbonyl (C=O) groups excluding carboxylic acids is 2. The smallest absolute Gasteiger partial charge is 0.255 e. The summed E-state index contributed by atoms with van der Waals surface area (Å²) in [6.45, 7) is 1.91. The molecule has 9 heteroatoms. The van der Waals surface area contributed by atoms with Crippen LogP contribution in [0, 0.1) is 6.92 Å². The normalized spacial score (nSPS) is 10.8. The van der Waals surface area contributed by atoms with Gasteiger partial charge in [-0.3, -0.25) is 9.59 Å². The van der Waals surface area contributed by atoms with Crippen LogP contribution >= 0.6 is 46.3 Å². The number of aryl methyl sites for hydroxylation is 1. The molecule has 0 aliphatic carbocycles. The molecule has 0 aliphatic rings. The molecule has 0 unspecified atom stereocenters. The zero-order valence-electron chi connectivity index (χ0n) is 16.8. The molecule has 0 fully saturated rings. The van der Waals surface area contributed by atoms with E-state index in [1.807, 2.05) is 31.2 Å². The Morgan fingerprint density at radius 2 is 1.69 bits per heavy atom. The van der Waals surface area contributed by atoms with Gasteiger partial charge in [-0.15, -0.1) is 11.3 Å². The van der Waals surface area contributed by atoms with Gasteiger partial charge in [0, 0.05) is 27.0 Å². The van der Waals surface area contributed by atoms with Crippen molar-refractivity contribution in [2.75, 3.05) is 16.4 Å². The highest BCUT2D eigenvalue weighted by Gasteiger charge is 2.11. The molecule has 162 valence electrons. The van der Waals surface area contributed by atoms with E-state index < -0.39 is 0 Å². The van der Waals surface area contributed by atoms with E-state index in [4.69, 9.17) is 23.2 Å². The summed E-state index contributed by atoms with van der Waals surface area (Å²) in [5.74, 6) is -0.121. The molecule has 0 spiro atoms. The van der Waals surface area contributed by atoms with Gasteiger partial charge in [0.15, 0.2) is 4.34 Å². The van der Waals surface area contributed by atoms with E-state index in [1.165, 1.54) is 23.1 Å². The molecule has 1 aromatic heterocycles. The third kappa shape index (κ3) is 5.61. The van der Waals surface area contributed by atoms with E-state index in [0.717, 1.165) is 20.1 Å². The summed E-state index contributed by atoms with van der Waals surface area (Å²) in [5, 5.41) is 6.91. The van der Waals surface area contributed by atoms with E-state index in [1.54, 1.807) is 36.4 Å². The van der Waals surface area contributed by atoms with Crippen LogP contribution < -0.4 is 10.6 Å². The summed E-state index contributed by atoms with van der Waals surface area (Å²) in [4.78, 5) is 29.2. The minimum atomic E-state index is -0.215. The second-order valence-corrected chi connectivity index (χ2v) is 10.0. The predicted octanol–water partition coefficient (Wildman–Crippen LogP) is 6.89. The zero-order chi connectivity index (χ0) is 22.7. The molecule has 0 radical (unpaired) electrons. The van der Waals surface area contributed by atoms with E-state index in [2.05, 4.69) is 15.6 Å². The maximum Gasteiger partial charge on any atom is 0.255 e. The number of thioether (sulfide) groups is 1. The van der Waals surface area contributed by atoms with Crippen molar-refractivity contribution < 1.29 is 9.59 Å². The minimum absolute atomic E-state index is 0.134. The summed E-state index contributed by atoms with van der Waals surface area (Å²) in [6, 6.07) is 17.6. The van der Waals surface area contributed by atoms with Gasteiger partial charge in [-0.2, -0.15) is 0 Å². The number of hydrogen-bond acceptors (Lipinski definition) is 5. The summed E-state index contributed by atoms with van der Waals surface area (Å²) in [6.07, 6.45) is 0. The average molecular weight is 502 g/mol. The third-order valence-electron chi connectivity index (χ3n) is 4.52. The van der Waals surface area contributed by atoms with Gasteiger partial charge in [-0.05, 0) is 67.1 Å². The number of thiazole rings is 1. The summed E-state index contributed by atoms with van der Waals surface area (Å²) in [7, 11) is 0. The first kappa shape index (κ1) is 22.6. The molecule has 4 rings (SSSR count). The number of aromatic nitrogens is 1. The number of halogens is 2. The van der Waals surface area contributed by atoms with Crippen molar-refractivity contribution in [3.8, 4) is 0 Å². The van der Waals surface area contributed by atoms with Crippen molar-refractivity contribution in [2.24, 2.45) is 0 Å². The number of rotatable bonds is 6. The predicted molar refractivity (Wildman–Crippen MR) is 135 cm³/mol.